The number of aryl methyl sites for hydroxylation is 1. The number of anilines is 1. The van der Waals surface area contributed by atoms with Crippen LogP contribution in [0.25, 0.3) is 0 Å². The molecule has 1 N–H and O–H groups in total. The highest BCUT2D eigenvalue weighted by Crippen LogP contribution is 2.27. The van der Waals surface area contributed by atoms with Gasteiger partial charge in [0.2, 0.25) is 5.91 Å². The van der Waals surface area contributed by atoms with Crippen molar-refractivity contribution < 1.29 is 4.79 Å². The van der Waals surface area contributed by atoms with Gasteiger partial charge in [0, 0.05) is 12.1 Å². The predicted octanol–water partition coefficient (Wildman–Crippen LogP) is 3.86. The molecule has 0 saturated carbocycles. The van der Waals surface area contributed by atoms with Gasteiger partial charge in [-0.2, -0.15) is 0 Å². The molecule has 0 unspecified atom stereocenters. The van der Waals surface area contributed by atoms with Crippen LogP contribution in [-0.4, -0.2) is 5.91 Å². The van der Waals surface area contributed by atoms with E-state index in [9.17, 15) is 4.79 Å². The molecule has 2 nitrogen and oxygen atoms in total. The molecule has 0 aliphatic rings. The van der Waals surface area contributed by atoms with E-state index < -0.39 is 0 Å². The van der Waals surface area contributed by atoms with Crippen LogP contribution in [0.2, 0.25) is 0 Å². The largest absolute Gasteiger partial charge is 0.326 e. The van der Waals surface area contributed by atoms with Crippen LogP contribution in [-0.2, 0) is 4.79 Å². The summed E-state index contributed by atoms with van der Waals surface area (Å²) >= 11 is 0. The summed E-state index contributed by atoms with van der Waals surface area (Å²) in [6.45, 7) is 8.34. The van der Waals surface area contributed by atoms with Crippen molar-refractivity contribution in [2.75, 3.05) is 5.32 Å². The molecule has 1 rings (SSSR count). The number of nitrogens with one attached hydrogen (secondary N) is 1. The molecule has 0 atom stereocenters. The number of hydrogen-bond donors (Lipinski definition) is 1. The Balaban J connectivity index is 2.97. The molecule has 0 radical (unpaired) electrons. The average molecular weight is 219 g/mol. The highest BCUT2D eigenvalue weighted by molar-refractivity contribution is 5.92. The molecule has 1 aromatic rings. The molecule has 1 amide bonds. The maximum Gasteiger partial charge on any atom is 0.224 e. The molecule has 88 valence electrons. The monoisotopic (exact) mass is 219 g/mol. The first-order chi connectivity index (χ1) is 7.56. The minimum Gasteiger partial charge on any atom is -0.326 e. The molecule has 0 aromatic heterocycles. The van der Waals surface area contributed by atoms with E-state index in [0.717, 1.165) is 17.7 Å². The van der Waals surface area contributed by atoms with E-state index in [1.807, 2.05) is 26.0 Å². The number of rotatable bonds is 4. The van der Waals surface area contributed by atoms with Crippen LogP contribution in [0.3, 0.4) is 0 Å². The summed E-state index contributed by atoms with van der Waals surface area (Å²) < 4.78 is 0. The zero-order valence-electron chi connectivity index (χ0n) is 10.6. The molecule has 0 saturated heterocycles. The topological polar surface area (TPSA) is 29.1 Å². The Bertz CT molecular complexity index is 369. The van der Waals surface area contributed by atoms with Crippen LogP contribution in [0.4, 0.5) is 5.69 Å². The maximum atomic E-state index is 11.6. The van der Waals surface area contributed by atoms with Gasteiger partial charge in [0.1, 0.15) is 0 Å². The lowest BCUT2D eigenvalue weighted by Gasteiger charge is -2.16. The van der Waals surface area contributed by atoms with Crippen LogP contribution in [0, 0.1) is 6.92 Å². The Morgan fingerprint density at radius 2 is 2.06 bits per heavy atom. The van der Waals surface area contributed by atoms with Crippen LogP contribution in [0.1, 0.15) is 50.7 Å². The Labute approximate surface area is 98.1 Å². The van der Waals surface area contributed by atoms with E-state index in [4.69, 9.17) is 0 Å². The van der Waals surface area contributed by atoms with Crippen LogP contribution < -0.4 is 5.32 Å². The molecule has 1 aromatic carbocycles. The summed E-state index contributed by atoms with van der Waals surface area (Å²) in [7, 11) is 0. The second-order valence-electron chi connectivity index (χ2n) is 4.49. The lowest BCUT2D eigenvalue weighted by molar-refractivity contribution is -0.116. The molecule has 0 aliphatic heterocycles. The average Bonchev–Trinajstić information content (AvgIpc) is 2.21. The molecule has 2 heteroatoms. The maximum absolute atomic E-state index is 11.6. The highest BCUT2D eigenvalue weighted by Gasteiger charge is 2.11. The lowest BCUT2D eigenvalue weighted by atomic mass is 9.98. The smallest absolute Gasteiger partial charge is 0.224 e. The summed E-state index contributed by atoms with van der Waals surface area (Å²) in [4.78, 5) is 11.6. The minimum atomic E-state index is 0.110. The normalized spacial score (nSPS) is 10.6. The standard InChI is InChI=1S/C14H21NO/c1-5-7-13(16)15-14-11(4)8-6-9-12(14)10(2)3/h6,8-10H,5,7H2,1-4H3,(H,15,16). The summed E-state index contributed by atoms with van der Waals surface area (Å²) in [5, 5.41) is 3.02. The quantitative estimate of drug-likeness (QED) is 0.818. The zero-order chi connectivity index (χ0) is 12.1. The summed E-state index contributed by atoms with van der Waals surface area (Å²) in [6, 6.07) is 6.16. The third-order valence-electron chi connectivity index (χ3n) is 2.67. The van der Waals surface area contributed by atoms with Gasteiger partial charge in [-0.25, -0.2) is 0 Å². The number of benzene rings is 1. The van der Waals surface area contributed by atoms with Crippen molar-refractivity contribution in [2.24, 2.45) is 0 Å². The third-order valence-corrected chi connectivity index (χ3v) is 2.67. The van der Waals surface area contributed by atoms with Crippen molar-refractivity contribution >= 4 is 11.6 Å². The van der Waals surface area contributed by atoms with E-state index in [0.29, 0.717) is 12.3 Å². The van der Waals surface area contributed by atoms with Gasteiger partial charge in [0.05, 0.1) is 0 Å². The van der Waals surface area contributed by atoms with Gasteiger partial charge in [0.15, 0.2) is 0 Å². The first kappa shape index (κ1) is 12.8. The molecule has 0 fully saturated rings. The van der Waals surface area contributed by atoms with E-state index in [2.05, 4.69) is 25.2 Å². The van der Waals surface area contributed by atoms with Gasteiger partial charge in [0.25, 0.3) is 0 Å². The van der Waals surface area contributed by atoms with Gasteiger partial charge < -0.3 is 5.32 Å². The lowest BCUT2D eigenvalue weighted by Crippen LogP contribution is -2.13. The highest BCUT2D eigenvalue weighted by atomic mass is 16.1. The first-order valence-corrected chi connectivity index (χ1v) is 5.95. The van der Waals surface area contributed by atoms with Crippen LogP contribution in [0.15, 0.2) is 18.2 Å². The second kappa shape index (κ2) is 5.69. The van der Waals surface area contributed by atoms with Gasteiger partial charge in [-0.15, -0.1) is 0 Å². The van der Waals surface area contributed by atoms with Crippen molar-refractivity contribution in [3.8, 4) is 0 Å². The number of para-hydroxylation sites is 1. The van der Waals surface area contributed by atoms with Crippen LogP contribution in [0.5, 0.6) is 0 Å². The van der Waals surface area contributed by atoms with Crippen molar-refractivity contribution in [1.82, 2.24) is 0 Å². The second-order valence-corrected chi connectivity index (χ2v) is 4.49. The van der Waals surface area contributed by atoms with Crippen molar-refractivity contribution in [1.29, 1.82) is 0 Å². The molecular weight excluding hydrogens is 198 g/mol. The Morgan fingerprint density at radius 3 is 2.62 bits per heavy atom. The number of carbonyl (C=O) groups is 1. The number of carbonyl (C=O) groups excluding carboxylic acids is 1. The fraction of sp³-hybridized carbons (Fsp3) is 0.500. The van der Waals surface area contributed by atoms with Gasteiger partial charge in [-0.3, -0.25) is 4.79 Å². The summed E-state index contributed by atoms with van der Waals surface area (Å²) in [5.41, 5.74) is 3.34. The molecule has 0 aliphatic carbocycles. The number of hydrogen-bond acceptors (Lipinski definition) is 1. The van der Waals surface area contributed by atoms with Crippen molar-refractivity contribution in [3.63, 3.8) is 0 Å². The molecule has 0 bridgehead atoms. The van der Waals surface area contributed by atoms with Crippen molar-refractivity contribution in [2.45, 2.75) is 46.5 Å². The molecule has 0 heterocycles. The Morgan fingerprint density at radius 1 is 1.38 bits per heavy atom. The zero-order valence-corrected chi connectivity index (χ0v) is 10.6. The van der Waals surface area contributed by atoms with Crippen LogP contribution >= 0.6 is 0 Å². The van der Waals surface area contributed by atoms with Gasteiger partial charge in [-0.05, 0) is 30.4 Å². The third kappa shape index (κ3) is 3.09. The summed E-state index contributed by atoms with van der Waals surface area (Å²) in [5.74, 6) is 0.538. The van der Waals surface area contributed by atoms with E-state index in [1.165, 1.54) is 5.56 Å². The molecule has 16 heavy (non-hydrogen) atoms. The fourth-order valence-corrected chi connectivity index (χ4v) is 1.77. The van der Waals surface area contributed by atoms with E-state index in [1.54, 1.807) is 0 Å². The molecular formula is C14H21NO. The minimum absolute atomic E-state index is 0.110. The van der Waals surface area contributed by atoms with E-state index in [-0.39, 0.29) is 5.91 Å². The fourth-order valence-electron chi connectivity index (χ4n) is 1.77. The Kier molecular flexibility index (Phi) is 4.53. The van der Waals surface area contributed by atoms with E-state index >= 15 is 0 Å². The van der Waals surface area contributed by atoms with Gasteiger partial charge >= 0.3 is 0 Å². The molecule has 0 spiro atoms. The first-order valence-electron chi connectivity index (χ1n) is 5.95. The SMILES string of the molecule is CCCC(=O)Nc1c(C)cccc1C(C)C. The van der Waals surface area contributed by atoms with Gasteiger partial charge in [-0.1, -0.05) is 39.0 Å². The Hall–Kier alpha value is -1.31. The number of amides is 1. The predicted molar refractivity (Wildman–Crippen MR) is 68.8 cm³/mol. The summed E-state index contributed by atoms with van der Waals surface area (Å²) in [6.07, 6.45) is 1.47. The van der Waals surface area contributed by atoms with Crippen molar-refractivity contribution in [3.05, 3.63) is 29.3 Å².